The average molecular weight is 370 g/mol. The van der Waals surface area contributed by atoms with Crippen molar-refractivity contribution < 1.29 is 14.3 Å². The minimum absolute atomic E-state index is 0.346. The second-order valence-corrected chi connectivity index (χ2v) is 5.92. The Balaban J connectivity index is 1.61. The number of carbonyl (C=O) groups excluding carboxylic acids is 2. The lowest BCUT2D eigenvalue weighted by atomic mass is 10.2. The number of para-hydroxylation sites is 1. The molecular weight excluding hydrogens is 354 g/mol. The topological polar surface area (TPSA) is 73.2 Å². The van der Waals surface area contributed by atoms with Crippen LogP contribution in [0.15, 0.2) is 67.0 Å². The molecule has 0 aliphatic rings. The van der Waals surface area contributed by atoms with Gasteiger partial charge in [-0.25, -0.2) is 9.48 Å². The number of amides is 1. The van der Waals surface area contributed by atoms with Gasteiger partial charge in [-0.3, -0.25) is 4.79 Å². The number of ether oxygens (including phenoxy) is 1. The highest BCUT2D eigenvalue weighted by atomic mass is 35.5. The lowest BCUT2D eigenvalue weighted by Crippen LogP contribution is -2.30. The van der Waals surface area contributed by atoms with Crippen LogP contribution in [0.25, 0.3) is 5.69 Å². The standard InChI is InChI=1S/C19H16ClN3O3/c1-13(18(24)22-17-6-3-2-5-16(17)20)26-19(25)14-7-9-15(10-8-14)23-12-4-11-21-23/h2-13H,1H3,(H,22,24)/t13-/m0/s1. The van der Waals surface area contributed by atoms with Gasteiger partial charge in [0.1, 0.15) is 0 Å². The van der Waals surface area contributed by atoms with E-state index in [-0.39, 0.29) is 0 Å². The Morgan fingerprint density at radius 3 is 2.50 bits per heavy atom. The molecule has 0 aliphatic heterocycles. The fraction of sp³-hybridized carbons (Fsp3) is 0.105. The molecule has 1 atom stereocenters. The smallest absolute Gasteiger partial charge is 0.338 e. The number of carbonyl (C=O) groups is 2. The number of aromatic nitrogens is 2. The number of anilines is 1. The summed E-state index contributed by atoms with van der Waals surface area (Å²) in [5, 5.41) is 7.16. The van der Waals surface area contributed by atoms with E-state index in [0.717, 1.165) is 5.69 Å². The third-order valence-corrected chi connectivity index (χ3v) is 3.99. The van der Waals surface area contributed by atoms with Gasteiger partial charge in [-0.2, -0.15) is 5.10 Å². The molecule has 3 rings (SSSR count). The summed E-state index contributed by atoms with van der Waals surface area (Å²) in [6.07, 6.45) is 2.50. The molecule has 0 saturated carbocycles. The first-order valence-corrected chi connectivity index (χ1v) is 8.29. The zero-order valence-corrected chi connectivity index (χ0v) is 14.7. The number of hydrogen-bond acceptors (Lipinski definition) is 4. The summed E-state index contributed by atoms with van der Waals surface area (Å²) in [7, 11) is 0. The van der Waals surface area contributed by atoms with Gasteiger partial charge in [0.2, 0.25) is 0 Å². The van der Waals surface area contributed by atoms with E-state index in [4.69, 9.17) is 16.3 Å². The van der Waals surface area contributed by atoms with E-state index in [0.29, 0.717) is 16.3 Å². The predicted molar refractivity (Wildman–Crippen MR) is 98.5 cm³/mol. The summed E-state index contributed by atoms with van der Waals surface area (Å²) in [5.74, 6) is -1.04. The van der Waals surface area contributed by atoms with Gasteiger partial charge >= 0.3 is 5.97 Å². The van der Waals surface area contributed by atoms with Crippen LogP contribution in [-0.4, -0.2) is 27.8 Å². The predicted octanol–water partition coefficient (Wildman–Crippen LogP) is 3.71. The fourth-order valence-electron chi connectivity index (χ4n) is 2.25. The molecule has 0 radical (unpaired) electrons. The summed E-state index contributed by atoms with van der Waals surface area (Å²) < 4.78 is 6.90. The number of rotatable bonds is 5. The first-order chi connectivity index (χ1) is 12.5. The van der Waals surface area contributed by atoms with E-state index in [1.165, 1.54) is 6.92 Å². The van der Waals surface area contributed by atoms with Crippen molar-refractivity contribution in [2.24, 2.45) is 0 Å². The van der Waals surface area contributed by atoms with Crippen molar-refractivity contribution in [3.63, 3.8) is 0 Å². The Morgan fingerprint density at radius 2 is 1.85 bits per heavy atom. The van der Waals surface area contributed by atoms with Gasteiger partial charge < -0.3 is 10.1 Å². The maximum atomic E-state index is 12.2. The zero-order chi connectivity index (χ0) is 18.5. The number of hydrogen-bond donors (Lipinski definition) is 1. The molecule has 6 nitrogen and oxygen atoms in total. The van der Waals surface area contributed by atoms with Crippen molar-refractivity contribution >= 4 is 29.2 Å². The van der Waals surface area contributed by atoms with Crippen LogP contribution < -0.4 is 5.32 Å². The minimum Gasteiger partial charge on any atom is -0.449 e. The van der Waals surface area contributed by atoms with Gasteiger partial charge in [0.05, 0.1) is 22.0 Å². The molecule has 132 valence electrons. The average Bonchev–Trinajstić information content (AvgIpc) is 3.18. The molecule has 26 heavy (non-hydrogen) atoms. The normalized spacial score (nSPS) is 11.6. The number of nitrogens with zero attached hydrogens (tertiary/aromatic N) is 2. The molecule has 1 N–H and O–H groups in total. The highest BCUT2D eigenvalue weighted by Gasteiger charge is 2.19. The fourth-order valence-corrected chi connectivity index (χ4v) is 2.43. The van der Waals surface area contributed by atoms with Crippen LogP contribution >= 0.6 is 11.6 Å². The van der Waals surface area contributed by atoms with Gasteiger partial charge in [0.25, 0.3) is 5.91 Å². The van der Waals surface area contributed by atoms with E-state index < -0.39 is 18.0 Å². The summed E-state index contributed by atoms with van der Waals surface area (Å²) in [6.45, 7) is 1.50. The Bertz CT molecular complexity index is 908. The highest BCUT2D eigenvalue weighted by Crippen LogP contribution is 2.21. The molecular formula is C19H16ClN3O3. The monoisotopic (exact) mass is 369 g/mol. The van der Waals surface area contributed by atoms with Crippen LogP contribution in [0, 0.1) is 0 Å². The van der Waals surface area contributed by atoms with Crippen LogP contribution in [0.2, 0.25) is 5.02 Å². The van der Waals surface area contributed by atoms with Crippen molar-refractivity contribution in [2.45, 2.75) is 13.0 Å². The van der Waals surface area contributed by atoms with Crippen LogP contribution in [-0.2, 0) is 9.53 Å². The van der Waals surface area contributed by atoms with Crippen molar-refractivity contribution in [3.05, 3.63) is 77.6 Å². The second kappa shape index (κ2) is 7.84. The summed E-state index contributed by atoms with van der Waals surface area (Å²) >= 11 is 6.00. The molecule has 1 amide bonds. The van der Waals surface area contributed by atoms with Gasteiger partial charge in [-0.05, 0) is 49.4 Å². The van der Waals surface area contributed by atoms with Crippen molar-refractivity contribution in [2.75, 3.05) is 5.32 Å². The lowest BCUT2D eigenvalue weighted by molar-refractivity contribution is -0.123. The number of halogens is 1. The molecule has 0 spiro atoms. The SMILES string of the molecule is C[C@H](OC(=O)c1ccc(-n2cccn2)cc1)C(=O)Nc1ccccc1Cl. The van der Waals surface area contributed by atoms with Crippen molar-refractivity contribution in [3.8, 4) is 5.69 Å². The van der Waals surface area contributed by atoms with Crippen LogP contribution in [0.5, 0.6) is 0 Å². The Hall–Kier alpha value is -3.12. The summed E-state index contributed by atoms with van der Waals surface area (Å²) in [6, 6.07) is 15.4. The Morgan fingerprint density at radius 1 is 1.12 bits per heavy atom. The van der Waals surface area contributed by atoms with Crippen LogP contribution in [0.1, 0.15) is 17.3 Å². The molecule has 2 aromatic carbocycles. The minimum atomic E-state index is -0.968. The van der Waals surface area contributed by atoms with Crippen molar-refractivity contribution in [1.82, 2.24) is 9.78 Å². The zero-order valence-electron chi connectivity index (χ0n) is 13.9. The van der Waals surface area contributed by atoms with Crippen molar-refractivity contribution in [1.29, 1.82) is 0 Å². The van der Waals surface area contributed by atoms with Crippen LogP contribution in [0.4, 0.5) is 5.69 Å². The van der Waals surface area contributed by atoms with Gasteiger partial charge in [-0.1, -0.05) is 23.7 Å². The highest BCUT2D eigenvalue weighted by molar-refractivity contribution is 6.33. The maximum Gasteiger partial charge on any atom is 0.338 e. The van der Waals surface area contributed by atoms with E-state index in [1.54, 1.807) is 65.6 Å². The number of nitrogens with one attached hydrogen (secondary N) is 1. The summed E-state index contributed by atoms with van der Waals surface area (Å²) in [4.78, 5) is 24.4. The number of esters is 1. The molecule has 1 aromatic heterocycles. The Kier molecular flexibility index (Phi) is 5.34. The molecule has 7 heteroatoms. The largest absolute Gasteiger partial charge is 0.449 e. The van der Waals surface area contributed by atoms with Gasteiger partial charge in [-0.15, -0.1) is 0 Å². The molecule has 0 bridgehead atoms. The lowest BCUT2D eigenvalue weighted by Gasteiger charge is -2.14. The molecule has 0 fully saturated rings. The molecule has 1 heterocycles. The van der Waals surface area contributed by atoms with Crippen LogP contribution in [0.3, 0.4) is 0 Å². The molecule has 0 aliphatic carbocycles. The third kappa shape index (κ3) is 4.10. The maximum absolute atomic E-state index is 12.2. The molecule has 0 unspecified atom stereocenters. The second-order valence-electron chi connectivity index (χ2n) is 5.51. The van der Waals surface area contributed by atoms with E-state index >= 15 is 0 Å². The van der Waals surface area contributed by atoms with E-state index in [2.05, 4.69) is 10.4 Å². The quantitative estimate of drug-likeness (QED) is 0.696. The number of benzene rings is 2. The first kappa shape index (κ1) is 17.7. The van der Waals surface area contributed by atoms with E-state index in [1.807, 2.05) is 6.07 Å². The first-order valence-electron chi connectivity index (χ1n) is 7.91. The van der Waals surface area contributed by atoms with Gasteiger partial charge in [0, 0.05) is 12.4 Å². The summed E-state index contributed by atoms with van der Waals surface area (Å²) in [5.41, 5.74) is 1.63. The third-order valence-electron chi connectivity index (χ3n) is 3.66. The van der Waals surface area contributed by atoms with E-state index in [9.17, 15) is 9.59 Å². The molecule has 0 saturated heterocycles. The van der Waals surface area contributed by atoms with Gasteiger partial charge in [0.15, 0.2) is 6.10 Å². The Labute approximate surface area is 155 Å². The molecule has 3 aromatic rings.